The van der Waals surface area contributed by atoms with E-state index in [-0.39, 0.29) is 17.4 Å². The summed E-state index contributed by atoms with van der Waals surface area (Å²) in [6.45, 7) is 9.80. The number of nitrogens with zero attached hydrogens (tertiary/aromatic N) is 3. The number of ether oxygens (including phenoxy) is 1. The van der Waals surface area contributed by atoms with Gasteiger partial charge in [0, 0.05) is 37.2 Å². The fraction of sp³-hybridized carbons (Fsp3) is 0.393. The number of hydrogen-bond donors (Lipinski definition) is 0. The predicted molar refractivity (Wildman–Crippen MR) is 142 cm³/mol. The standard InChI is InChI=1S/C28H35N3O5/c1-18(2)17-31-24(29(6)27(34)36-28(3,4)5)23(19-12-10-9-11-13-19)22-16-20(25(32)30(7)35-8)14-15-21(22)26(31)33/h9-16,18H,17H2,1-8H3. The maximum absolute atomic E-state index is 13.8. The number of carbonyl (C=O) groups is 2. The van der Waals surface area contributed by atoms with Crippen molar-refractivity contribution in [2.45, 2.75) is 46.8 Å². The molecule has 0 fully saturated rings. The van der Waals surface area contributed by atoms with E-state index in [2.05, 4.69) is 0 Å². The topological polar surface area (TPSA) is 81.1 Å². The van der Waals surface area contributed by atoms with Crippen molar-refractivity contribution in [3.8, 4) is 11.1 Å². The molecule has 0 aliphatic carbocycles. The zero-order chi connectivity index (χ0) is 26.8. The number of aromatic nitrogens is 1. The average Bonchev–Trinajstić information content (AvgIpc) is 2.83. The smallest absolute Gasteiger partial charge is 0.415 e. The lowest BCUT2D eigenvalue weighted by Gasteiger charge is -2.29. The summed E-state index contributed by atoms with van der Waals surface area (Å²) in [6.07, 6.45) is -0.581. The fourth-order valence-electron chi connectivity index (χ4n) is 4.02. The molecule has 0 aliphatic rings. The second kappa shape index (κ2) is 10.5. The van der Waals surface area contributed by atoms with Gasteiger partial charge in [-0.3, -0.25) is 23.9 Å². The van der Waals surface area contributed by atoms with Gasteiger partial charge >= 0.3 is 6.09 Å². The summed E-state index contributed by atoms with van der Waals surface area (Å²) >= 11 is 0. The largest absolute Gasteiger partial charge is 0.443 e. The van der Waals surface area contributed by atoms with Gasteiger partial charge in [0.15, 0.2) is 0 Å². The molecular weight excluding hydrogens is 458 g/mol. The van der Waals surface area contributed by atoms with Crippen molar-refractivity contribution in [1.82, 2.24) is 9.63 Å². The van der Waals surface area contributed by atoms with E-state index in [9.17, 15) is 14.4 Å². The first-order valence-corrected chi connectivity index (χ1v) is 11.9. The van der Waals surface area contributed by atoms with Crippen molar-refractivity contribution in [1.29, 1.82) is 0 Å². The number of fused-ring (bicyclic) bond motifs is 1. The molecule has 1 aromatic heterocycles. The van der Waals surface area contributed by atoms with Crippen molar-refractivity contribution >= 4 is 28.6 Å². The summed E-state index contributed by atoms with van der Waals surface area (Å²) in [5.41, 5.74) is 0.852. The van der Waals surface area contributed by atoms with Gasteiger partial charge in [-0.05, 0) is 55.8 Å². The molecule has 0 N–H and O–H groups in total. The SMILES string of the molecule is CON(C)C(=O)c1ccc2c(=O)n(CC(C)C)c(N(C)C(=O)OC(C)(C)C)c(-c3ccccc3)c2c1. The van der Waals surface area contributed by atoms with E-state index in [0.29, 0.717) is 34.3 Å². The normalized spacial score (nSPS) is 11.6. The maximum Gasteiger partial charge on any atom is 0.415 e. The summed E-state index contributed by atoms with van der Waals surface area (Å²) in [6, 6.07) is 14.5. The molecule has 8 heteroatoms. The van der Waals surface area contributed by atoms with Gasteiger partial charge in [-0.25, -0.2) is 9.86 Å². The maximum atomic E-state index is 13.8. The highest BCUT2D eigenvalue weighted by atomic mass is 16.7. The van der Waals surface area contributed by atoms with Gasteiger partial charge in [-0.2, -0.15) is 0 Å². The van der Waals surface area contributed by atoms with Gasteiger partial charge in [0.05, 0.1) is 7.11 Å². The van der Waals surface area contributed by atoms with Crippen molar-refractivity contribution in [2.75, 3.05) is 26.1 Å². The van der Waals surface area contributed by atoms with Gasteiger partial charge < -0.3 is 4.74 Å². The molecule has 0 spiro atoms. The van der Waals surface area contributed by atoms with Crippen LogP contribution < -0.4 is 10.5 Å². The molecule has 0 atom stereocenters. The van der Waals surface area contributed by atoms with Crippen molar-refractivity contribution in [3.05, 3.63) is 64.4 Å². The lowest BCUT2D eigenvalue weighted by molar-refractivity contribution is -0.0756. The minimum atomic E-state index is -0.720. The molecule has 0 saturated carbocycles. The van der Waals surface area contributed by atoms with Crippen molar-refractivity contribution in [3.63, 3.8) is 0 Å². The Labute approximate surface area is 212 Å². The molecule has 3 aromatic rings. The molecule has 2 aromatic carbocycles. The third-order valence-electron chi connectivity index (χ3n) is 5.65. The Balaban J connectivity index is 2.46. The lowest BCUT2D eigenvalue weighted by atomic mass is 9.96. The summed E-state index contributed by atoms with van der Waals surface area (Å²) < 4.78 is 7.29. The van der Waals surface area contributed by atoms with E-state index in [1.807, 2.05) is 44.2 Å². The van der Waals surface area contributed by atoms with Crippen LogP contribution in [0.25, 0.3) is 21.9 Å². The van der Waals surface area contributed by atoms with Crippen molar-refractivity contribution in [2.24, 2.45) is 5.92 Å². The number of hydroxylamine groups is 2. The van der Waals surface area contributed by atoms with Crippen LogP contribution in [-0.2, 0) is 16.1 Å². The highest BCUT2D eigenvalue weighted by molar-refractivity contribution is 6.07. The van der Waals surface area contributed by atoms with Crippen LogP contribution in [0.15, 0.2) is 53.3 Å². The highest BCUT2D eigenvalue weighted by Gasteiger charge is 2.28. The number of amides is 2. The van der Waals surface area contributed by atoms with E-state index in [1.165, 1.54) is 19.1 Å². The Morgan fingerprint density at radius 1 is 1.00 bits per heavy atom. The van der Waals surface area contributed by atoms with E-state index < -0.39 is 11.7 Å². The molecule has 0 aliphatic heterocycles. The van der Waals surface area contributed by atoms with Crippen LogP contribution in [-0.4, -0.2) is 48.4 Å². The molecule has 8 nitrogen and oxygen atoms in total. The summed E-state index contributed by atoms with van der Waals surface area (Å²) in [4.78, 5) is 46.4. The van der Waals surface area contributed by atoms with E-state index in [0.717, 1.165) is 10.6 Å². The highest BCUT2D eigenvalue weighted by Crippen LogP contribution is 2.37. The van der Waals surface area contributed by atoms with E-state index in [1.54, 1.807) is 50.6 Å². The summed E-state index contributed by atoms with van der Waals surface area (Å²) in [5, 5.41) is 2.14. The Bertz CT molecular complexity index is 1320. The zero-order valence-corrected chi connectivity index (χ0v) is 22.3. The monoisotopic (exact) mass is 493 g/mol. The molecule has 1 heterocycles. The van der Waals surface area contributed by atoms with Crippen LogP contribution in [0, 0.1) is 5.92 Å². The minimum absolute atomic E-state index is 0.130. The van der Waals surface area contributed by atoms with Gasteiger partial charge in [-0.15, -0.1) is 0 Å². The average molecular weight is 494 g/mol. The molecule has 3 rings (SSSR count). The minimum Gasteiger partial charge on any atom is -0.443 e. The first kappa shape index (κ1) is 26.9. The first-order chi connectivity index (χ1) is 16.9. The lowest BCUT2D eigenvalue weighted by Crippen LogP contribution is -2.38. The number of carbonyl (C=O) groups excluding carboxylic acids is 2. The fourth-order valence-corrected chi connectivity index (χ4v) is 4.02. The first-order valence-electron chi connectivity index (χ1n) is 11.9. The van der Waals surface area contributed by atoms with Gasteiger partial charge in [-0.1, -0.05) is 44.2 Å². The van der Waals surface area contributed by atoms with Crippen LogP contribution in [0.1, 0.15) is 45.0 Å². The van der Waals surface area contributed by atoms with E-state index >= 15 is 0 Å². The molecule has 0 unspecified atom stereocenters. The number of rotatable bonds is 6. The quantitative estimate of drug-likeness (QED) is 0.434. The van der Waals surface area contributed by atoms with E-state index in [4.69, 9.17) is 9.57 Å². The number of anilines is 1. The molecule has 0 bridgehead atoms. The van der Waals surface area contributed by atoms with Crippen LogP contribution in [0.3, 0.4) is 0 Å². The number of benzene rings is 2. The second-order valence-electron chi connectivity index (χ2n) is 10.2. The number of pyridine rings is 1. The molecule has 36 heavy (non-hydrogen) atoms. The van der Waals surface area contributed by atoms with Crippen LogP contribution in [0.2, 0.25) is 0 Å². The molecule has 0 saturated heterocycles. The Morgan fingerprint density at radius 3 is 2.19 bits per heavy atom. The Morgan fingerprint density at radius 2 is 1.64 bits per heavy atom. The third kappa shape index (κ3) is 5.60. The summed E-state index contributed by atoms with van der Waals surface area (Å²) in [7, 11) is 4.53. The van der Waals surface area contributed by atoms with Crippen molar-refractivity contribution < 1.29 is 19.2 Å². The zero-order valence-electron chi connectivity index (χ0n) is 22.3. The van der Waals surface area contributed by atoms with Gasteiger partial charge in [0.25, 0.3) is 11.5 Å². The Hall–Kier alpha value is -3.65. The molecule has 2 amide bonds. The van der Waals surface area contributed by atoms with Crippen LogP contribution in [0.5, 0.6) is 0 Å². The van der Waals surface area contributed by atoms with Crippen LogP contribution in [0.4, 0.5) is 10.6 Å². The second-order valence-corrected chi connectivity index (χ2v) is 10.2. The molecule has 0 radical (unpaired) electrons. The third-order valence-corrected chi connectivity index (χ3v) is 5.65. The van der Waals surface area contributed by atoms with Gasteiger partial charge in [0.2, 0.25) is 0 Å². The Kier molecular flexibility index (Phi) is 7.89. The molecule has 192 valence electrons. The molecular formula is C28H35N3O5. The number of hydrogen-bond acceptors (Lipinski definition) is 5. The van der Waals surface area contributed by atoms with Gasteiger partial charge in [0.1, 0.15) is 11.4 Å². The summed E-state index contributed by atoms with van der Waals surface area (Å²) in [5.74, 6) is 0.184. The van der Waals surface area contributed by atoms with Crippen LogP contribution >= 0.6 is 0 Å². The predicted octanol–water partition coefficient (Wildman–Crippen LogP) is 5.33.